The molecule has 13 heavy (non-hydrogen) atoms. The number of nitrogens with two attached hydrogens (primary N) is 1. The number of nitrogens with zero attached hydrogens (tertiary/aromatic N) is 3. The summed E-state index contributed by atoms with van der Waals surface area (Å²) in [5.74, 6) is 0. The van der Waals surface area contributed by atoms with Crippen molar-refractivity contribution in [2.24, 2.45) is 0 Å². The van der Waals surface area contributed by atoms with E-state index in [9.17, 15) is 0 Å². The maximum atomic E-state index is 5.55. The molecule has 0 atom stereocenters. The molecule has 2 aromatic heterocycles. The molecule has 0 aliphatic carbocycles. The van der Waals surface area contributed by atoms with Gasteiger partial charge in [0.1, 0.15) is 0 Å². The van der Waals surface area contributed by atoms with Crippen molar-refractivity contribution in [1.82, 2.24) is 14.8 Å². The molecule has 0 saturated heterocycles. The summed E-state index contributed by atoms with van der Waals surface area (Å²) in [4.78, 5) is 5.57. The Labute approximate surface area is 80.0 Å². The van der Waals surface area contributed by atoms with Crippen molar-refractivity contribution in [2.45, 2.75) is 13.8 Å². The van der Waals surface area contributed by atoms with Crippen LogP contribution in [0.3, 0.4) is 0 Å². The highest BCUT2D eigenvalue weighted by molar-refractivity contribution is 7.14. The fourth-order valence-corrected chi connectivity index (χ4v) is 1.84. The first-order chi connectivity index (χ1) is 6.16. The van der Waals surface area contributed by atoms with Crippen molar-refractivity contribution in [2.75, 3.05) is 5.73 Å². The van der Waals surface area contributed by atoms with Crippen LogP contribution >= 0.6 is 11.3 Å². The number of aromatic nitrogens is 3. The lowest BCUT2D eigenvalue weighted by Gasteiger charge is -1.90. The van der Waals surface area contributed by atoms with Crippen LogP contribution in [0, 0.1) is 13.8 Å². The molecule has 2 N–H and O–H groups in total. The topological polar surface area (TPSA) is 56.7 Å². The predicted octanol–water partition coefficient (Wildman–Crippen LogP) is 1.53. The molecule has 2 aromatic rings. The van der Waals surface area contributed by atoms with E-state index in [4.69, 9.17) is 5.73 Å². The Morgan fingerprint density at radius 1 is 1.46 bits per heavy atom. The molecule has 0 radical (unpaired) electrons. The second-order valence-electron chi connectivity index (χ2n) is 2.86. The molecule has 0 fully saturated rings. The predicted molar refractivity (Wildman–Crippen MR) is 53.1 cm³/mol. The molecule has 2 rings (SSSR count). The van der Waals surface area contributed by atoms with Gasteiger partial charge in [-0.2, -0.15) is 5.10 Å². The van der Waals surface area contributed by atoms with E-state index >= 15 is 0 Å². The van der Waals surface area contributed by atoms with Gasteiger partial charge in [0.05, 0.1) is 23.8 Å². The highest BCUT2D eigenvalue weighted by Gasteiger charge is 2.05. The van der Waals surface area contributed by atoms with Gasteiger partial charge in [-0.05, 0) is 13.8 Å². The molecule has 0 aliphatic rings. The molecule has 68 valence electrons. The average Bonchev–Trinajstić information content (AvgIpc) is 2.61. The normalized spacial score (nSPS) is 10.6. The maximum absolute atomic E-state index is 5.55. The molecule has 0 amide bonds. The van der Waals surface area contributed by atoms with Gasteiger partial charge in [-0.25, -0.2) is 9.67 Å². The summed E-state index contributed by atoms with van der Waals surface area (Å²) in [6.45, 7) is 4.03. The van der Waals surface area contributed by atoms with E-state index in [0.29, 0.717) is 5.69 Å². The van der Waals surface area contributed by atoms with E-state index in [0.717, 1.165) is 10.8 Å². The minimum atomic E-state index is 0.658. The molecule has 4 nitrogen and oxygen atoms in total. The molecule has 0 bridgehead atoms. The number of aryl methyl sites for hydroxylation is 2. The van der Waals surface area contributed by atoms with Crippen LogP contribution in [0.1, 0.15) is 10.6 Å². The van der Waals surface area contributed by atoms with Gasteiger partial charge < -0.3 is 5.73 Å². The van der Waals surface area contributed by atoms with E-state index in [1.54, 1.807) is 28.4 Å². The zero-order valence-corrected chi connectivity index (χ0v) is 8.30. The molecular weight excluding hydrogens is 184 g/mol. The summed E-state index contributed by atoms with van der Waals surface area (Å²) < 4.78 is 1.69. The van der Waals surface area contributed by atoms with Gasteiger partial charge in [0.15, 0.2) is 0 Å². The van der Waals surface area contributed by atoms with Crippen LogP contribution in [-0.4, -0.2) is 14.8 Å². The highest BCUT2D eigenvalue weighted by atomic mass is 32.1. The van der Waals surface area contributed by atoms with Gasteiger partial charge in [-0.1, -0.05) is 11.3 Å². The average molecular weight is 194 g/mol. The summed E-state index contributed by atoms with van der Waals surface area (Å²) >= 11 is 1.61. The minimum absolute atomic E-state index is 0.658. The number of anilines is 1. The number of rotatable bonds is 1. The first kappa shape index (κ1) is 8.25. The van der Waals surface area contributed by atoms with Crippen LogP contribution in [0.5, 0.6) is 0 Å². The quantitative estimate of drug-likeness (QED) is 0.749. The zero-order chi connectivity index (χ0) is 9.42. The minimum Gasteiger partial charge on any atom is -0.396 e. The molecule has 5 heteroatoms. The molecule has 0 unspecified atom stereocenters. The van der Waals surface area contributed by atoms with Crippen molar-refractivity contribution < 1.29 is 0 Å². The number of thiazole rings is 1. The van der Waals surface area contributed by atoms with Crippen molar-refractivity contribution in [1.29, 1.82) is 0 Å². The molecule has 0 spiro atoms. The Hall–Kier alpha value is -1.36. The van der Waals surface area contributed by atoms with Crippen LogP contribution < -0.4 is 5.73 Å². The second-order valence-corrected chi connectivity index (χ2v) is 4.04. The van der Waals surface area contributed by atoms with E-state index in [1.807, 2.05) is 13.8 Å². The third-order valence-electron chi connectivity index (χ3n) is 1.82. The lowest BCUT2D eigenvalue weighted by atomic mass is 10.4. The Kier molecular flexibility index (Phi) is 1.81. The van der Waals surface area contributed by atoms with E-state index in [1.165, 1.54) is 4.88 Å². The van der Waals surface area contributed by atoms with Crippen LogP contribution in [0.4, 0.5) is 5.69 Å². The fourth-order valence-electron chi connectivity index (χ4n) is 0.995. The van der Waals surface area contributed by atoms with Crippen molar-refractivity contribution in [3.63, 3.8) is 0 Å². The number of hydrogen-bond donors (Lipinski definition) is 1. The molecule has 0 saturated carbocycles. The SMILES string of the molecule is Cc1nc(-n2cc(N)cn2)sc1C. The van der Waals surface area contributed by atoms with Crippen LogP contribution in [0.2, 0.25) is 0 Å². The van der Waals surface area contributed by atoms with Gasteiger partial charge in [-0.3, -0.25) is 0 Å². The lowest BCUT2D eigenvalue weighted by Crippen LogP contribution is -1.92. The third kappa shape index (κ3) is 1.42. The van der Waals surface area contributed by atoms with Crippen LogP contribution in [0.25, 0.3) is 5.13 Å². The highest BCUT2D eigenvalue weighted by Crippen LogP contribution is 2.20. The number of nitrogen functional groups attached to an aromatic ring is 1. The Morgan fingerprint density at radius 3 is 2.69 bits per heavy atom. The Morgan fingerprint density at radius 2 is 2.23 bits per heavy atom. The first-order valence-corrected chi connectivity index (χ1v) is 4.73. The lowest BCUT2D eigenvalue weighted by molar-refractivity contribution is 0.865. The Balaban J connectivity index is 2.46. The number of hydrogen-bond acceptors (Lipinski definition) is 4. The largest absolute Gasteiger partial charge is 0.396 e. The van der Waals surface area contributed by atoms with E-state index < -0.39 is 0 Å². The van der Waals surface area contributed by atoms with Crippen molar-refractivity contribution in [3.8, 4) is 5.13 Å². The first-order valence-electron chi connectivity index (χ1n) is 3.91. The summed E-state index contributed by atoms with van der Waals surface area (Å²) in [5.41, 5.74) is 7.26. The van der Waals surface area contributed by atoms with Crippen LogP contribution in [0.15, 0.2) is 12.4 Å². The monoisotopic (exact) mass is 194 g/mol. The smallest absolute Gasteiger partial charge is 0.210 e. The molecular formula is C8H10N4S. The van der Waals surface area contributed by atoms with Gasteiger partial charge in [0.25, 0.3) is 0 Å². The second kappa shape index (κ2) is 2.85. The fraction of sp³-hybridized carbons (Fsp3) is 0.250. The zero-order valence-electron chi connectivity index (χ0n) is 7.48. The van der Waals surface area contributed by atoms with Gasteiger partial charge in [-0.15, -0.1) is 0 Å². The van der Waals surface area contributed by atoms with E-state index in [2.05, 4.69) is 10.1 Å². The summed E-state index contributed by atoms with van der Waals surface area (Å²) in [5, 5.41) is 4.95. The van der Waals surface area contributed by atoms with Gasteiger partial charge in [0.2, 0.25) is 5.13 Å². The molecule has 0 aromatic carbocycles. The maximum Gasteiger partial charge on any atom is 0.210 e. The van der Waals surface area contributed by atoms with Gasteiger partial charge in [0, 0.05) is 4.88 Å². The van der Waals surface area contributed by atoms with Crippen LogP contribution in [-0.2, 0) is 0 Å². The van der Waals surface area contributed by atoms with Gasteiger partial charge >= 0.3 is 0 Å². The van der Waals surface area contributed by atoms with Crippen molar-refractivity contribution in [3.05, 3.63) is 23.0 Å². The summed E-state index contributed by atoms with van der Waals surface area (Å²) in [6.07, 6.45) is 3.38. The van der Waals surface area contributed by atoms with Crippen molar-refractivity contribution >= 4 is 17.0 Å². The summed E-state index contributed by atoms with van der Waals surface area (Å²) in [7, 11) is 0. The third-order valence-corrected chi connectivity index (χ3v) is 2.88. The Bertz CT molecular complexity index is 410. The summed E-state index contributed by atoms with van der Waals surface area (Å²) in [6, 6.07) is 0. The molecule has 0 aliphatic heterocycles. The van der Waals surface area contributed by atoms with E-state index in [-0.39, 0.29) is 0 Å². The molecule has 2 heterocycles. The standard InChI is InChI=1S/C8H10N4S/c1-5-6(2)13-8(11-5)12-4-7(9)3-10-12/h3-4H,9H2,1-2H3.